The summed E-state index contributed by atoms with van der Waals surface area (Å²) >= 11 is 0. The van der Waals surface area contributed by atoms with Crippen molar-refractivity contribution in [2.45, 2.75) is 17.9 Å². The minimum atomic E-state index is -3.72. The van der Waals surface area contributed by atoms with Crippen LogP contribution in [0.3, 0.4) is 0 Å². The van der Waals surface area contributed by atoms with Gasteiger partial charge >= 0.3 is 0 Å². The second kappa shape index (κ2) is 9.53. The van der Waals surface area contributed by atoms with Gasteiger partial charge in [0.05, 0.1) is 17.7 Å². The van der Waals surface area contributed by atoms with Crippen molar-refractivity contribution in [3.05, 3.63) is 78.9 Å². The van der Waals surface area contributed by atoms with Crippen LogP contribution in [0.4, 0.5) is 11.4 Å². The van der Waals surface area contributed by atoms with Gasteiger partial charge in [-0.3, -0.25) is 9.10 Å². The molecule has 0 aliphatic heterocycles. The summed E-state index contributed by atoms with van der Waals surface area (Å²) < 4.78 is 37.8. The Balaban J connectivity index is 1.68. The summed E-state index contributed by atoms with van der Waals surface area (Å²) in [4.78, 5) is 12.6. The number of carbonyl (C=O) groups is 1. The topological polar surface area (TPSA) is 84.9 Å². The van der Waals surface area contributed by atoms with Gasteiger partial charge in [0, 0.05) is 12.7 Å². The molecule has 7 nitrogen and oxygen atoms in total. The standard InChI is InChI=1S/C23H24N2O5S/c1-17(30-22-12-8-7-11-21(22)29-3)23(26)24-18-13-15-20(16-14-18)31(27,28)25(2)19-9-5-4-6-10-19/h4-17H,1-3H3,(H,24,26). The van der Waals surface area contributed by atoms with E-state index in [1.807, 2.05) is 6.07 Å². The third kappa shape index (κ3) is 5.16. The van der Waals surface area contributed by atoms with Gasteiger partial charge in [0.2, 0.25) is 0 Å². The largest absolute Gasteiger partial charge is 0.493 e. The summed E-state index contributed by atoms with van der Waals surface area (Å²) in [5.41, 5.74) is 1.02. The van der Waals surface area contributed by atoms with Crippen LogP contribution in [0.25, 0.3) is 0 Å². The first-order valence-corrected chi connectivity index (χ1v) is 11.0. The number of para-hydroxylation sites is 3. The van der Waals surface area contributed by atoms with Gasteiger partial charge in [-0.2, -0.15) is 0 Å². The number of methoxy groups -OCH3 is 1. The van der Waals surface area contributed by atoms with Gasteiger partial charge in [-0.1, -0.05) is 30.3 Å². The van der Waals surface area contributed by atoms with Crippen LogP contribution in [0, 0.1) is 0 Å². The Morgan fingerprint density at radius 2 is 1.48 bits per heavy atom. The van der Waals surface area contributed by atoms with Crippen LogP contribution in [0.1, 0.15) is 6.92 Å². The Labute approximate surface area is 182 Å². The number of hydrogen-bond acceptors (Lipinski definition) is 5. The van der Waals surface area contributed by atoms with Crippen molar-refractivity contribution in [3.8, 4) is 11.5 Å². The number of ether oxygens (including phenoxy) is 2. The van der Waals surface area contributed by atoms with Crippen LogP contribution in [0.2, 0.25) is 0 Å². The molecular formula is C23H24N2O5S. The van der Waals surface area contributed by atoms with E-state index < -0.39 is 16.1 Å². The van der Waals surface area contributed by atoms with E-state index in [1.54, 1.807) is 67.6 Å². The number of nitrogens with zero attached hydrogens (tertiary/aromatic N) is 1. The predicted octanol–water partition coefficient (Wildman–Crippen LogP) is 3.93. The van der Waals surface area contributed by atoms with Crippen LogP contribution in [0.5, 0.6) is 11.5 Å². The van der Waals surface area contributed by atoms with Crippen LogP contribution < -0.4 is 19.1 Å². The number of amides is 1. The van der Waals surface area contributed by atoms with Crippen molar-refractivity contribution in [2.75, 3.05) is 23.8 Å². The SMILES string of the molecule is COc1ccccc1OC(C)C(=O)Nc1ccc(S(=O)(=O)N(C)c2ccccc2)cc1. The van der Waals surface area contributed by atoms with E-state index in [-0.39, 0.29) is 10.8 Å². The highest BCUT2D eigenvalue weighted by molar-refractivity contribution is 7.92. The molecule has 3 aromatic rings. The van der Waals surface area contributed by atoms with Gasteiger partial charge in [-0.25, -0.2) is 8.42 Å². The first kappa shape index (κ1) is 22.2. The van der Waals surface area contributed by atoms with E-state index in [1.165, 1.54) is 30.6 Å². The van der Waals surface area contributed by atoms with Gasteiger partial charge in [0.15, 0.2) is 17.6 Å². The molecule has 0 fully saturated rings. The highest BCUT2D eigenvalue weighted by Crippen LogP contribution is 2.27. The molecule has 1 amide bonds. The maximum Gasteiger partial charge on any atom is 0.265 e. The van der Waals surface area contributed by atoms with Crippen molar-refractivity contribution in [1.29, 1.82) is 0 Å². The van der Waals surface area contributed by atoms with Gasteiger partial charge in [-0.05, 0) is 55.5 Å². The Kier molecular flexibility index (Phi) is 6.81. The predicted molar refractivity (Wildman–Crippen MR) is 120 cm³/mol. The molecule has 1 unspecified atom stereocenters. The number of nitrogens with one attached hydrogen (secondary N) is 1. The fourth-order valence-corrected chi connectivity index (χ4v) is 4.04. The smallest absolute Gasteiger partial charge is 0.265 e. The second-order valence-electron chi connectivity index (χ2n) is 6.73. The molecule has 1 N–H and O–H groups in total. The number of anilines is 2. The van der Waals surface area contributed by atoms with Crippen molar-refractivity contribution in [3.63, 3.8) is 0 Å². The average Bonchev–Trinajstić information content (AvgIpc) is 2.79. The summed E-state index contributed by atoms with van der Waals surface area (Å²) in [5, 5.41) is 2.73. The summed E-state index contributed by atoms with van der Waals surface area (Å²) in [6.07, 6.45) is -0.788. The second-order valence-corrected chi connectivity index (χ2v) is 8.70. The number of sulfonamides is 1. The number of benzene rings is 3. The molecule has 0 saturated carbocycles. The zero-order valence-electron chi connectivity index (χ0n) is 17.5. The minimum absolute atomic E-state index is 0.121. The lowest BCUT2D eigenvalue weighted by Crippen LogP contribution is -2.30. The summed E-state index contributed by atoms with van der Waals surface area (Å²) in [5.74, 6) is 0.611. The fraction of sp³-hybridized carbons (Fsp3) is 0.174. The molecule has 0 radical (unpaired) electrons. The lowest BCUT2D eigenvalue weighted by Gasteiger charge is -2.20. The molecule has 8 heteroatoms. The molecule has 0 aliphatic rings. The minimum Gasteiger partial charge on any atom is -0.493 e. The average molecular weight is 441 g/mol. The van der Waals surface area contributed by atoms with Gasteiger partial charge < -0.3 is 14.8 Å². The van der Waals surface area contributed by atoms with E-state index >= 15 is 0 Å². The van der Waals surface area contributed by atoms with Crippen LogP contribution in [0.15, 0.2) is 83.8 Å². The van der Waals surface area contributed by atoms with Gasteiger partial charge in [-0.15, -0.1) is 0 Å². The molecule has 0 bridgehead atoms. The van der Waals surface area contributed by atoms with Crippen LogP contribution in [-0.4, -0.2) is 34.6 Å². The van der Waals surface area contributed by atoms with Crippen LogP contribution in [-0.2, 0) is 14.8 Å². The highest BCUT2D eigenvalue weighted by Gasteiger charge is 2.22. The molecule has 162 valence electrons. The lowest BCUT2D eigenvalue weighted by molar-refractivity contribution is -0.122. The summed E-state index contributed by atoms with van der Waals surface area (Å²) in [7, 11) is -0.697. The quantitative estimate of drug-likeness (QED) is 0.574. The zero-order chi connectivity index (χ0) is 22.4. The Bertz CT molecular complexity index is 1130. The Hall–Kier alpha value is -3.52. The molecule has 3 rings (SSSR count). The zero-order valence-corrected chi connectivity index (χ0v) is 18.3. The fourth-order valence-electron chi connectivity index (χ4n) is 2.85. The summed E-state index contributed by atoms with van der Waals surface area (Å²) in [6, 6.07) is 21.8. The van der Waals surface area contributed by atoms with E-state index in [4.69, 9.17) is 9.47 Å². The maximum atomic E-state index is 12.8. The molecule has 0 spiro atoms. The molecule has 3 aromatic carbocycles. The van der Waals surface area contributed by atoms with Gasteiger partial charge in [0.1, 0.15) is 0 Å². The maximum absolute atomic E-state index is 12.8. The molecule has 1 atom stereocenters. The summed E-state index contributed by atoms with van der Waals surface area (Å²) in [6.45, 7) is 1.62. The number of carbonyl (C=O) groups excluding carboxylic acids is 1. The van der Waals surface area contributed by atoms with Crippen LogP contribution >= 0.6 is 0 Å². The first-order valence-electron chi connectivity index (χ1n) is 9.57. The monoisotopic (exact) mass is 440 g/mol. The molecule has 31 heavy (non-hydrogen) atoms. The van der Waals surface area contributed by atoms with E-state index in [2.05, 4.69) is 5.32 Å². The highest BCUT2D eigenvalue weighted by atomic mass is 32.2. The molecule has 0 saturated heterocycles. The molecular weight excluding hydrogens is 416 g/mol. The molecule has 0 aliphatic carbocycles. The first-order chi connectivity index (χ1) is 14.8. The number of hydrogen-bond donors (Lipinski definition) is 1. The van der Waals surface area contributed by atoms with Crippen molar-refractivity contribution in [2.24, 2.45) is 0 Å². The van der Waals surface area contributed by atoms with E-state index in [0.29, 0.717) is 22.9 Å². The van der Waals surface area contributed by atoms with Crippen molar-refractivity contribution < 1.29 is 22.7 Å². The van der Waals surface area contributed by atoms with E-state index in [0.717, 1.165) is 0 Å². The third-order valence-corrected chi connectivity index (χ3v) is 6.44. The van der Waals surface area contributed by atoms with Gasteiger partial charge in [0.25, 0.3) is 15.9 Å². The Morgan fingerprint density at radius 1 is 0.903 bits per heavy atom. The van der Waals surface area contributed by atoms with Crippen molar-refractivity contribution >= 4 is 27.3 Å². The molecule has 0 aromatic heterocycles. The van der Waals surface area contributed by atoms with E-state index in [9.17, 15) is 13.2 Å². The third-order valence-electron chi connectivity index (χ3n) is 4.64. The lowest BCUT2D eigenvalue weighted by atomic mass is 10.3. The number of rotatable bonds is 8. The normalized spacial score (nSPS) is 12.0. The molecule has 0 heterocycles. The Morgan fingerprint density at radius 3 is 2.10 bits per heavy atom. The van der Waals surface area contributed by atoms with Crippen molar-refractivity contribution in [1.82, 2.24) is 0 Å².